The third-order valence-electron chi connectivity index (χ3n) is 5.79. The number of allylic oxidation sites excluding steroid dienone is 2. The number of carbonyl (C=O) groups excluding carboxylic acids is 1. The van der Waals surface area contributed by atoms with Crippen molar-refractivity contribution < 1.29 is 14.3 Å². The van der Waals surface area contributed by atoms with Crippen molar-refractivity contribution in [3.8, 4) is 11.5 Å². The highest BCUT2D eigenvalue weighted by atomic mass is 16.7. The molecule has 0 saturated heterocycles. The summed E-state index contributed by atoms with van der Waals surface area (Å²) in [5.41, 5.74) is 5.44. The summed E-state index contributed by atoms with van der Waals surface area (Å²) in [4.78, 5) is 13.2. The molecule has 1 unspecified atom stereocenters. The summed E-state index contributed by atoms with van der Waals surface area (Å²) in [5.74, 6) is 1.82. The summed E-state index contributed by atoms with van der Waals surface area (Å²) >= 11 is 0. The van der Waals surface area contributed by atoms with Crippen LogP contribution in [0.25, 0.3) is 0 Å². The first-order valence-corrected chi connectivity index (χ1v) is 9.51. The number of benzene rings is 2. The molecule has 1 aliphatic carbocycles. The highest BCUT2D eigenvalue weighted by Crippen LogP contribution is 2.47. The van der Waals surface area contributed by atoms with E-state index in [1.165, 1.54) is 5.56 Å². The van der Waals surface area contributed by atoms with Crippen molar-refractivity contribution in [3.63, 3.8) is 0 Å². The molecule has 138 valence electrons. The molecule has 0 spiro atoms. The van der Waals surface area contributed by atoms with Crippen molar-refractivity contribution in [2.75, 3.05) is 12.1 Å². The molecule has 2 aromatic rings. The smallest absolute Gasteiger partial charge is 0.231 e. The number of para-hydroxylation sites is 1. The first kappa shape index (κ1) is 16.4. The normalized spacial score (nSPS) is 22.6. The SMILES string of the molecule is CC1(C)CC(=O)C2=C(C1)Nc1ccccc1CC2c1ccc2c(c1)OCO2. The Bertz CT molecular complexity index is 973. The van der Waals surface area contributed by atoms with Crippen molar-refractivity contribution in [2.45, 2.75) is 39.0 Å². The van der Waals surface area contributed by atoms with Gasteiger partial charge >= 0.3 is 0 Å². The van der Waals surface area contributed by atoms with Crippen molar-refractivity contribution in [1.29, 1.82) is 0 Å². The van der Waals surface area contributed by atoms with Gasteiger partial charge in [-0.2, -0.15) is 0 Å². The van der Waals surface area contributed by atoms with Crippen LogP contribution in [0, 0.1) is 5.41 Å². The van der Waals surface area contributed by atoms with Gasteiger partial charge in [0.25, 0.3) is 0 Å². The molecule has 1 N–H and O–H groups in total. The minimum absolute atomic E-state index is 0.0225. The monoisotopic (exact) mass is 361 g/mol. The third-order valence-corrected chi connectivity index (χ3v) is 5.79. The minimum atomic E-state index is -0.0262. The van der Waals surface area contributed by atoms with E-state index in [4.69, 9.17) is 9.47 Å². The van der Waals surface area contributed by atoms with E-state index < -0.39 is 0 Å². The summed E-state index contributed by atoms with van der Waals surface area (Å²) in [6, 6.07) is 14.4. The molecule has 1 atom stereocenters. The molecule has 0 bridgehead atoms. The Kier molecular flexibility index (Phi) is 3.58. The Balaban J connectivity index is 1.67. The van der Waals surface area contributed by atoms with Gasteiger partial charge in [-0.15, -0.1) is 0 Å². The van der Waals surface area contributed by atoms with Crippen LogP contribution in [0.3, 0.4) is 0 Å². The molecule has 0 radical (unpaired) electrons. The summed E-state index contributed by atoms with van der Waals surface area (Å²) in [5, 5.41) is 3.60. The molecule has 27 heavy (non-hydrogen) atoms. The van der Waals surface area contributed by atoms with E-state index in [0.29, 0.717) is 6.42 Å². The topological polar surface area (TPSA) is 47.6 Å². The number of ketones is 1. The van der Waals surface area contributed by atoms with Crippen molar-refractivity contribution >= 4 is 11.5 Å². The molecular formula is C23H23NO3. The van der Waals surface area contributed by atoms with Gasteiger partial charge in [-0.1, -0.05) is 38.1 Å². The van der Waals surface area contributed by atoms with Gasteiger partial charge in [-0.3, -0.25) is 4.79 Å². The predicted octanol–water partition coefficient (Wildman–Crippen LogP) is 4.81. The van der Waals surface area contributed by atoms with Gasteiger partial charge in [-0.05, 0) is 47.6 Å². The zero-order valence-electron chi connectivity index (χ0n) is 15.7. The standard InChI is InChI=1S/C23H23NO3/c1-23(2)11-18-22(19(25)12-23)16(9-15-5-3-4-6-17(15)24-18)14-7-8-20-21(10-14)27-13-26-20/h3-8,10,16,24H,9,11-13H2,1-2H3. The van der Waals surface area contributed by atoms with Crippen LogP contribution in [-0.2, 0) is 11.2 Å². The van der Waals surface area contributed by atoms with Gasteiger partial charge in [0.1, 0.15) is 0 Å². The van der Waals surface area contributed by atoms with E-state index in [9.17, 15) is 4.79 Å². The molecule has 0 amide bonds. The molecule has 0 aromatic heterocycles. The number of Topliss-reactive ketones (excluding diaryl/α,β-unsaturated/α-hetero) is 1. The van der Waals surface area contributed by atoms with Crippen LogP contribution in [0.4, 0.5) is 5.69 Å². The maximum absolute atomic E-state index is 13.2. The Hall–Kier alpha value is -2.75. The average molecular weight is 361 g/mol. The van der Waals surface area contributed by atoms with Crippen LogP contribution in [0.5, 0.6) is 11.5 Å². The Morgan fingerprint density at radius 3 is 2.74 bits per heavy atom. The second kappa shape index (κ2) is 5.88. The van der Waals surface area contributed by atoms with Crippen LogP contribution in [0.1, 0.15) is 43.7 Å². The van der Waals surface area contributed by atoms with Crippen molar-refractivity contribution in [3.05, 3.63) is 64.9 Å². The lowest BCUT2D eigenvalue weighted by Crippen LogP contribution is -2.30. The number of ether oxygens (including phenoxy) is 2. The van der Waals surface area contributed by atoms with Crippen LogP contribution >= 0.6 is 0 Å². The Morgan fingerprint density at radius 1 is 1.04 bits per heavy atom. The molecule has 0 saturated carbocycles. The number of hydrogen-bond donors (Lipinski definition) is 1. The average Bonchev–Trinajstić information content (AvgIpc) is 3.01. The molecule has 2 heterocycles. The van der Waals surface area contributed by atoms with Crippen LogP contribution < -0.4 is 14.8 Å². The van der Waals surface area contributed by atoms with E-state index in [-0.39, 0.29) is 23.9 Å². The maximum Gasteiger partial charge on any atom is 0.231 e. The molecule has 2 aromatic carbocycles. The predicted molar refractivity (Wildman–Crippen MR) is 104 cm³/mol. The van der Waals surface area contributed by atoms with Gasteiger partial charge in [0.2, 0.25) is 6.79 Å². The maximum atomic E-state index is 13.2. The number of rotatable bonds is 1. The number of hydrogen-bond acceptors (Lipinski definition) is 4. The first-order valence-electron chi connectivity index (χ1n) is 9.51. The summed E-state index contributed by atoms with van der Waals surface area (Å²) < 4.78 is 11.1. The van der Waals surface area contributed by atoms with E-state index >= 15 is 0 Å². The quantitative estimate of drug-likeness (QED) is 0.792. The molecular weight excluding hydrogens is 338 g/mol. The minimum Gasteiger partial charge on any atom is -0.454 e. The van der Waals surface area contributed by atoms with E-state index in [1.54, 1.807) is 0 Å². The van der Waals surface area contributed by atoms with E-state index in [2.05, 4.69) is 43.4 Å². The highest BCUT2D eigenvalue weighted by Gasteiger charge is 2.38. The molecule has 2 aliphatic heterocycles. The van der Waals surface area contributed by atoms with E-state index in [0.717, 1.165) is 46.9 Å². The first-order chi connectivity index (χ1) is 13.0. The van der Waals surface area contributed by atoms with Gasteiger partial charge in [0, 0.05) is 29.3 Å². The lowest BCUT2D eigenvalue weighted by molar-refractivity contribution is -0.118. The van der Waals surface area contributed by atoms with Gasteiger partial charge in [0.15, 0.2) is 17.3 Å². The van der Waals surface area contributed by atoms with Gasteiger partial charge in [0.05, 0.1) is 0 Å². The second-order valence-corrected chi connectivity index (χ2v) is 8.48. The molecule has 4 heteroatoms. The zero-order chi connectivity index (χ0) is 18.6. The van der Waals surface area contributed by atoms with Crippen LogP contribution in [0.15, 0.2) is 53.7 Å². The van der Waals surface area contributed by atoms with Crippen molar-refractivity contribution in [2.24, 2.45) is 5.41 Å². The molecule has 0 fully saturated rings. The number of fused-ring (bicyclic) bond motifs is 2. The van der Waals surface area contributed by atoms with Crippen molar-refractivity contribution in [1.82, 2.24) is 0 Å². The van der Waals surface area contributed by atoms with Gasteiger partial charge in [-0.25, -0.2) is 0 Å². The van der Waals surface area contributed by atoms with Crippen LogP contribution in [-0.4, -0.2) is 12.6 Å². The fraction of sp³-hybridized carbons (Fsp3) is 0.348. The fourth-order valence-corrected chi connectivity index (χ4v) is 4.57. The zero-order valence-corrected chi connectivity index (χ0v) is 15.7. The highest BCUT2D eigenvalue weighted by molar-refractivity contribution is 6.00. The lowest BCUT2D eigenvalue weighted by atomic mass is 9.71. The summed E-state index contributed by atoms with van der Waals surface area (Å²) in [6.07, 6.45) is 2.27. The second-order valence-electron chi connectivity index (χ2n) is 8.48. The molecule has 5 rings (SSSR count). The summed E-state index contributed by atoms with van der Waals surface area (Å²) in [7, 11) is 0. The van der Waals surface area contributed by atoms with Gasteiger partial charge < -0.3 is 14.8 Å². The largest absolute Gasteiger partial charge is 0.454 e. The third kappa shape index (κ3) is 2.80. The summed E-state index contributed by atoms with van der Waals surface area (Å²) in [6.45, 7) is 4.60. The van der Waals surface area contributed by atoms with E-state index in [1.807, 2.05) is 18.2 Å². The number of nitrogens with one attached hydrogen (secondary N) is 1. The fourth-order valence-electron chi connectivity index (χ4n) is 4.57. The lowest BCUT2D eigenvalue weighted by Gasteiger charge is -2.34. The Morgan fingerprint density at radius 2 is 1.85 bits per heavy atom. The molecule has 3 aliphatic rings. The van der Waals surface area contributed by atoms with Crippen LogP contribution in [0.2, 0.25) is 0 Å². The Labute approximate surface area is 159 Å². The number of anilines is 1. The number of carbonyl (C=O) groups is 1. The molecule has 4 nitrogen and oxygen atoms in total.